The predicted octanol–water partition coefficient (Wildman–Crippen LogP) is 2.29. The van der Waals surface area contributed by atoms with E-state index in [9.17, 15) is 4.79 Å². The molecule has 2 aromatic rings. The maximum Gasteiger partial charge on any atom is 0.250 e. The molecule has 0 saturated heterocycles. The van der Waals surface area contributed by atoms with E-state index in [1.165, 1.54) is 5.56 Å². The van der Waals surface area contributed by atoms with Gasteiger partial charge in [-0.25, -0.2) is 0 Å². The zero-order valence-electron chi connectivity index (χ0n) is 10.8. The molecule has 0 atom stereocenters. The quantitative estimate of drug-likeness (QED) is 0.733. The van der Waals surface area contributed by atoms with Crippen molar-refractivity contribution in [2.24, 2.45) is 5.73 Å². The molecule has 0 unspecified atom stereocenters. The van der Waals surface area contributed by atoms with E-state index in [1.807, 2.05) is 25.1 Å². The van der Waals surface area contributed by atoms with Gasteiger partial charge in [0.25, 0.3) is 5.91 Å². The third kappa shape index (κ3) is 3.25. The predicted molar refractivity (Wildman–Crippen MR) is 77.9 cm³/mol. The average molecular weight is 255 g/mol. The van der Waals surface area contributed by atoms with Crippen LogP contribution in [0.1, 0.15) is 21.5 Å². The molecule has 0 radical (unpaired) electrons. The number of carbonyl (C=O) groups is 1. The molecule has 19 heavy (non-hydrogen) atoms. The molecule has 5 N–H and O–H groups in total. The Hall–Kier alpha value is -2.49. The minimum Gasteiger partial charge on any atom is -0.399 e. The van der Waals surface area contributed by atoms with Crippen molar-refractivity contribution in [3.05, 3.63) is 59.2 Å². The van der Waals surface area contributed by atoms with E-state index >= 15 is 0 Å². The molecule has 0 fully saturated rings. The number of anilines is 2. The van der Waals surface area contributed by atoms with Gasteiger partial charge in [0.05, 0.1) is 5.56 Å². The molecule has 98 valence electrons. The summed E-state index contributed by atoms with van der Waals surface area (Å²) in [4.78, 5) is 11.4. The van der Waals surface area contributed by atoms with Crippen molar-refractivity contribution in [1.29, 1.82) is 0 Å². The second-order valence-electron chi connectivity index (χ2n) is 4.51. The molecule has 0 spiro atoms. The van der Waals surface area contributed by atoms with E-state index in [2.05, 4.69) is 11.4 Å². The van der Waals surface area contributed by atoms with Crippen molar-refractivity contribution < 1.29 is 4.79 Å². The molecule has 0 heterocycles. The number of amides is 1. The summed E-state index contributed by atoms with van der Waals surface area (Å²) >= 11 is 0. The number of nitrogens with one attached hydrogen (secondary N) is 1. The van der Waals surface area contributed by atoms with Gasteiger partial charge >= 0.3 is 0 Å². The summed E-state index contributed by atoms with van der Waals surface area (Å²) in [5, 5.41) is 3.21. The van der Waals surface area contributed by atoms with Crippen molar-refractivity contribution in [1.82, 2.24) is 0 Å². The van der Waals surface area contributed by atoms with E-state index in [0.29, 0.717) is 23.5 Å². The Morgan fingerprint density at radius 3 is 2.68 bits per heavy atom. The largest absolute Gasteiger partial charge is 0.399 e. The lowest BCUT2D eigenvalue weighted by Gasteiger charge is -2.11. The highest BCUT2D eigenvalue weighted by atomic mass is 16.1. The maximum absolute atomic E-state index is 11.4. The standard InChI is InChI=1S/C15H17N3O/c1-10-3-2-4-11(7-10)9-18-14-6-5-12(16)8-13(14)15(17)19/h2-8,18H,9,16H2,1H3,(H2,17,19). The number of aryl methyl sites for hydroxylation is 1. The van der Waals surface area contributed by atoms with E-state index in [4.69, 9.17) is 11.5 Å². The van der Waals surface area contributed by atoms with Gasteiger partial charge in [0.2, 0.25) is 0 Å². The Bertz CT molecular complexity index is 608. The summed E-state index contributed by atoms with van der Waals surface area (Å²) in [5.74, 6) is -0.487. The highest BCUT2D eigenvalue weighted by molar-refractivity contribution is 5.99. The SMILES string of the molecule is Cc1cccc(CNc2ccc(N)cc2C(N)=O)c1. The molecule has 0 aliphatic carbocycles. The molecule has 0 bridgehead atoms. The van der Waals surface area contributed by atoms with Crippen molar-refractivity contribution in [3.63, 3.8) is 0 Å². The minimum absolute atomic E-state index is 0.410. The smallest absolute Gasteiger partial charge is 0.250 e. The Balaban J connectivity index is 2.17. The Morgan fingerprint density at radius 1 is 1.21 bits per heavy atom. The van der Waals surface area contributed by atoms with Crippen LogP contribution in [-0.4, -0.2) is 5.91 Å². The molecule has 0 aromatic heterocycles. The maximum atomic E-state index is 11.4. The molecule has 2 aromatic carbocycles. The molecule has 0 saturated carbocycles. The third-order valence-electron chi connectivity index (χ3n) is 2.87. The van der Waals surface area contributed by atoms with E-state index in [0.717, 1.165) is 5.56 Å². The lowest BCUT2D eigenvalue weighted by molar-refractivity contribution is 0.100. The summed E-state index contributed by atoms with van der Waals surface area (Å²) in [6.07, 6.45) is 0. The Labute approximate surface area is 112 Å². The highest BCUT2D eigenvalue weighted by Crippen LogP contribution is 2.19. The van der Waals surface area contributed by atoms with Crippen molar-refractivity contribution in [2.75, 3.05) is 11.1 Å². The third-order valence-corrected chi connectivity index (χ3v) is 2.87. The van der Waals surface area contributed by atoms with Crippen LogP contribution in [-0.2, 0) is 6.54 Å². The van der Waals surface area contributed by atoms with Crippen LogP contribution < -0.4 is 16.8 Å². The van der Waals surface area contributed by atoms with E-state index in [-0.39, 0.29) is 0 Å². The van der Waals surface area contributed by atoms with E-state index < -0.39 is 5.91 Å². The first kappa shape index (κ1) is 13.0. The number of nitrogen functional groups attached to an aromatic ring is 1. The molecular weight excluding hydrogens is 238 g/mol. The van der Waals surface area contributed by atoms with Crippen LogP contribution in [0.25, 0.3) is 0 Å². The zero-order valence-corrected chi connectivity index (χ0v) is 10.8. The number of carbonyl (C=O) groups excluding carboxylic acids is 1. The Kier molecular flexibility index (Phi) is 3.71. The summed E-state index contributed by atoms with van der Waals surface area (Å²) < 4.78 is 0. The van der Waals surface area contributed by atoms with Crippen molar-refractivity contribution >= 4 is 17.3 Å². The lowest BCUT2D eigenvalue weighted by atomic mass is 10.1. The first-order valence-electron chi connectivity index (χ1n) is 6.05. The van der Waals surface area contributed by atoms with Crippen LogP contribution in [0, 0.1) is 6.92 Å². The fraction of sp³-hybridized carbons (Fsp3) is 0.133. The van der Waals surface area contributed by atoms with Crippen LogP contribution in [0.5, 0.6) is 0 Å². The number of nitrogens with two attached hydrogens (primary N) is 2. The fourth-order valence-corrected chi connectivity index (χ4v) is 1.94. The van der Waals surface area contributed by atoms with Gasteiger partial charge in [0.15, 0.2) is 0 Å². The second kappa shape index (κ2) is 5.44. The first-order chi connectivity index (χ1) is 9.06. The number of rotatable bonds is 4. The lowest BCUT2D eigenvalue weighted by Crippen LogP contribution is -2.14. The van der Waals surface area contributed by atoms with Gasteiger partial charge in [-0.15, -0.1) is 0 Å². The van der Waals surface area contributed by atoms with Gasteiger partial charge in [0, 0.05) is 17.9 Å². The number of primary amides is 1. The van der Waals surface area contributed by atoms with Gasteiger partial charge in [-0.2, -0.15) is 0 Å². The molecule has 0 aliphatic heterocycles. The van der Waals surface area contributed by atoms with Crippen LogP contribution in [0.3, 0.4) is 0 Å². The summed E-state index contributed by atoms with van der Waals surface area (Å²) in [7, 11) is 0. The molecule has 2 rings (SSSR count). The van der Waals surface area contributed by atoms with Gasteiger partial charge in [-0.05, 0) is 30.7 Å². The molecule has 4 heteroatoms. The van der Waals surface area contributed by atoms with Crippen LogP contribution in [0.4, 0.5) is 11.4 Å². The number of hydrogen-bond donors (Lipinski definition) is 3. The fourth-order valence-electron chi connectivity index (χ4n) is 1.94. The monoisotopic (exact) mass is 255 g/mol. The second-order valence-corrected chi connectivity index (χ2v) is 4.51. The van der Waals surface area contributed by atoms with E-state index in [1.54, 1.807) is 18.2 Å². The van der Waals surface area contributed by atoms with Gasteiger partial charge in [-0.1, -0.05) is 29.8 Å². The first-order valence-corrected chi connectivity index (χ1v) is 6.05. The van der Waals surface area contributed by atoms with Gasteiger partial charge in [-0.3, -0.25) is 4.79 Å². The molecule has 0 aliphatic rings. The summed E-state index contributed by atoms with van der Waals surface area (Å²) in [6.45, 7) is 2.67. The summed E-state index contributed by atoms with van der Waals surface area (Å²) in [6, 6.07) is 13.3. The van der Waals surface area contributed by atoms with Gasteiger partial charge in [0.1, 0.15) is 0 Å². The van der Waals surface area contributed by atoms with Crippen LogP contribution in [0.15, 0.2) is 42.5 Å². The van der Waals surface area contributed by atoms with Crippen molar-refractivity contribution in [2.45, 2.75) is 13.5 Å². The molecular formula is C15H17N3O. The number of hydrogen-bond acceptors (Lipinski definition) is 3. The summed E-state index contributed by atoms with van der Waals surface area (Å²) in [5.41, 5.74) is 15.0. The highest BCUT2D eigenvalue weighted by Gasteiger charge is 2.08. The topological polar surface area (TPSA) is 81.1 Å². The Morgan fingerprint density at radius 2 is 2.00 bits per heavy atom. The number of benzene rings is 2. The van der Waals surface area contributed by atoms with Crippen LogP contribution in [0.2, 0.25) is 0 Å². The minimum atomic E-state index is -0.487. The average Bonchev–Trinajstić information content (AvgIpc) is 2.37. The van der Waals surface area contributed by atoms with Crippen LogP contribution >= 0.6 is 0 Å². The van der Waals surface area contributed by atoms with Gasteiger partial charge < -0.3 is 16.8 Å². The zero-order chi connectivity index (χ0) is 13.8. The van der Waals surface area contributed by atoms with Crippen molar-refractivity contribution in [3.8, 4) is 0 Å². The molecule has 4 nitrogen and oxygen atoms in total. The molecule has 1 amide bonds. The normalized spacial score (nSPS) is 10.2.